The van der Waals surface area contributed by atoms with E-state index in [9.17, 15) is 4.79 Å². The lowest BCUT2D eigenvalue weighted by atomic mass is 10.1. The van der Waals surface area contributed by atoms with E-state index in [1.54, 1.807) is 6.07 Å². The smallest absolute Gasteiger partial charge is 0.251 e. The van der Waals surface area contributed by atoms with Crippen LogP contribution < -0.4 is 5.32 Å². The van der Waals surface area contributed by atoms with Gasteiger partial charge in [-0.15, -0.1) is 0 Å². The summed E-state index contributed by atoms with van der Waals surface area (Å²) in [5, 5.41) is 3.58. The minimum atomic E-state index is -0.0460. The molecule has 0 aliphatic carbocycles. The first-order chi connectivity index (χ1) is 9.16. The normalized spacial score (nSPS) is 16.3. The highest BCUT2D eigenvalue weighted by atomic mass is 127. The lowest BCUT2D eigenvalue weighted by Gasteiger charge is -2.26. The lowest BCUT2D eigenvalue weighted by Crippen LogP contribution is -2.37. The zero-order valence-electron chi connectivity index (χ0n) is 10.8. The molecule has 1 aromatic rings. The number of nitrogens with one attached hydrogen (secondary N) is 1. The third-order valence-electron chi connectivity index (χ3n) is 3.34. The Bertz CT molecular complexity index is 447. The summed E-state index contributed by atoms with van der Waals surface area (Å²) >= 11 is 8.17. The number of amides is 1. The highest BCUT2D eigenvalue weighted by Gasteiger charge is 2.11. The molecule has 1 N–H and O–H groups in total. The predicted octanol–water partition coefficient (Wildman–Crippen LogP) is 3.16. The molecular formula is C14H18ClIN2O. The molecule has 1 aliphatic rings. The fourth-order valence-corrected chi connectivity index (χ4v) is 2.77. The van der Waals surface area contributed by atoms with Crippen molar-refractivity contribution in [2.24, 2.45) is 0 Å². The molecule has 0 spiro atoms. The van der Waals surface area contributed by atoms with Crippen LogP contribution in [-0.2, 0) is 0 Å². The van der Waals surface area contributed by atoms with E-state index >= 15 is 0 Å². The molecule has 19 heavy (non-hydrogen) atoms. The van der Waals surface area contributed by atoms with Crippen molar-refractivity contribution in [1.82, 2.24) is 10.2 Å². The first-order valence-corrected chi connectivity index (χ1v) is 8.08. The van der Waals surface area contributed by atoms with Crippen LogP contribution in [0.5, 0.6) is 0 Å². The van der Waals surface area contributed by atoms with Crippen molar-refractivity contribution in [3.63, 3.8) is 0 Å². The molecular weight excluding hydrogens is 375 g/mol. The zero-order valence-corrected chi connectivity index (χ0v) is 13.7. The Labute approximate surface area is 132 Å². The highest BCUT2D eigenvalue weighted by Crippen LogP contribution is 2.19. The number of nitrogens with zero attached hydrogens (tertiary/aromatic N) is 1. The van der Waals surface area contributed by atoms with E-state index in [2.05, 4.69) is 32.8 Å². The highest BCUT2D eigenvalue weighted by molar-refractivity contribution is 14.1. The average Bonchev–Trinajstić information content (AvgIpc) is 2.43. The van der Waals surface area contributed by atoms with Gasteiger partial charge >= 0.3 is 0 Å². The van der Waals surface area contributed by atoms with Crippen LogP contribution in [0, 0.1) is 3.57 Å². The number of hydrogen-bond acceptors (Lipinski definition) is 2. The SMILES string of the molecule is O=C(NCCN1CCCCC1)c1ccc(I)c(Cl)c1. The van der Waals surface area contributed by atoms with Gasteiger partial charge in [0.2, 0.25) is 0 Å². The second-order valence-corrected chi connectivity index (χ2v) is 6.36. The number of carbonyl (C=O) groups is 1. The Hall–Kier alpha value is -0.330. The largest absolute Gasteiger partial charge is 0.351 e. The summed E-state index contributed by atoms with van der Waals surface area (Å²) in [6.45, 7) is 3.95. The lowest BCUT2D eigenvalue weighted by molar-refractivity contribution is 0.0946. The number of hydrogen-bond donors (Lipinski definition) is 1. The minimum absolute atomic E-state index is 0.0460. The van der Waals surface area contributed by atoms with Gasteiger partial charge in [0.1, 0.15) is 0 Å². The van der Waals surface area contributed by atoms with E-state index in [-0.39, 0.29) is 5.91 Å². The topological polar surface area (TPSA) is 32.3 Å². The average molecular weight is 393 g/mol. The Morgan fingerprint density at radius 1 is 1.32 bits per heavy atom. The molecule has 1 aromatic carbocycles. The van der Waals surface area contributed by atoms with Crippen molar-refractivity contribution >= 4 is 40.1 Å². The third-order valence-corrected chi connectivity index (χ3v) is 4.92. The van der Waals surface area contributed by atoms with Crippen LogP contribution in [0.4, 0.5) is 0 Å². The standard InChI is InChI=1S/C14H18ClIN2O/c15-12-10-11(4-5-13(12)16)14(19)17-6-9-18-7-2-1-3-8-18/h4-5,10H,1-3,6-9H2,(H,17,19). The fraction of sp³-hybridized carbons (Fsp3) is 0.500. The summed E-state index contributed by atoms with van der Waals surface area (Å²) in [5.74, 6) is -0.0460. The van der Waals surface area contributed by atoms with E-state index in [0.29, 0.717) is 17.1 Å². The van der Waals surface area contributed by atoms with Gasteiger partial charge in [-0.2, -0.15) is 0 Å². The molecule has 0 unspecified atom stereocenters. The van der Waals surface area contributed by atoms with Gasteiger partial charge in [0.25, 0.3) is 5.91 Å². The predicted molar refractivity (Wildman–Crippen MR) is 86.8 cm³/mol. The van der Waals surface area contributed by atoms with Gasteiger partial charge in [-0.3, -0.25) is 4.79 Å². The number of carbonyl (C=O) groups excluding carboxylic acids is 1. The third kappa shape index (κ3) is 4.61. The van der Waals surface area contributed by atoms with Crippen LogP contribution in [0.3, 0.4) is 0 Å². The van der Waals surface area contributed by atoms with Crippen molar-refractivity contribution in [2.45, 2.75) is 19.3 Å². The van der Waals surface area contributed by atoms with Crippen LogP contribution in [0.25, 0.3) is 0 Å². The summed E-state index contributed by atoms with van der Waals surface area (Å²) in [6.07, 6.45) is 3.89. The van der Waals surface area contributed by atoms with Gasteiger partial charge in [-0.1, -0.05) is 18.0 Å². The molecule has 104 valence electrons. The van der Waals surface area contributed by atoms with Crippen molar-refractivity contribution in [3.05, 3.63) is 32.4 Å². The molecule has 0 bridgehead atoms. The maximum atomic E-state index is 12.0. The Kier molecular flexibility index (Phi) is 5.91. The van der Waals surface area contributed by atoms with Crippen molar-refractivity contribution in [3.8, 4) is 0 Å². The van der Waals surface area contributed by atoms with Gasteiger partial charge in [-0.05, 0) is 66.7 Å². The molecule has 1 fully saturated rings. The quantitative estimate of drug-likeness (QED) is 0.798. The molecule has 2 rings (SSSR count). The molecule has 5 heteroatoms. The minimum Gasteiger partial charge on any atom is -0.351 e. The number of piperidine rings is 1. The number of likely N-dealkylation sites (tertiary alicyclic amines) is 1. The molecule has 1 heterocycles. The van der Waals surface area contributed by atoms with E-state index in [1.165, 1.54) is 19.3 Å². The van der Waals surface area contributed by atoms with E-state index in [4.69, 9.17) is 11.6 Å². The summed E-state index contributed by atoms with van der Waals surface area (Å²) in [6, 6.07) is 5.39. The summed E-state index contributed by atoms with van der Waals surface area (Å²) in [5.41, 5.74) is 0.629. The second-order valence-electron chi connectivity index (χ2n) is 4.79. The summed E-state index contributed by atoms with van der Waals surface area (Å²) < 4.78 is 0.962. The Balaban J connectivity index is 1.78. The Morgan fingerprint density at radius 3 is 2.74 bits per heavy atom. The number of halogens is 2. The summed E-state index contributed by atoms with van der Waals surface area (Å²) in [7, 11) is 0. The first-order valence-electron chi connectivity index (χ1n) is 6.62. The van der Waals surface area contributed by atoms with Crippen molar-refractivity contribution < 1.29 is 4.79 Å². The van der Waals surface area contributed by atoms with Crippen molar-refractivity contribution in [2.75, 3.05) is 26.2 Å². The molecule has 3 nitrogen and oxygen atoms in total. The van der Waals surface area contributed by atoms with Crippen LogP contribution in [0.1, 0.15) is 29.6 Å². The van der Waals surface area contributed by atoms with Crippen LogP contribution in [0.15, 0.2) is 18.2 Å². The maximum Gasteiger partial charge on any atom is 0.251 e. The van der Waals surface area contributed by atoms with Crippen molar-refractivity contribution in [1.29, 1.82) is 0 Å². The molecule has 1 aliphatic heterocycles. The van der Waals surface area contributed by atoms with Crippen LogP contribution >= 0.6 is 34.2 Å². The second kappa shape index (κ2) is 7.45. The monoisotopic (exact) mass is 392 g/mol. The Morgan fingerprint density at radius 2 is 2.05 bits per heavy atom. The number of benzene rings is 1. The molecule has 0 aromatic heterocycles. The van der Waals surface area contributed by atoms with E-state index in [1.807, 2.05) is 12.1 Å². The number of rotatable bonds is 4. The van der Waals surface area contributed by atoms with Gasteiger partial charge in [0.15, 0.2) is 0 Å². The van der Waals surface area contributed by atoms with Crippen LogP contribution in [0.2, 0.25) is 5.02 Å². The van der Waals surface area contributed by atoms with Gasteiger partial charge in [0.05, 0.1) is 5.02 Å². The molecule has 0 radical (unpaired) electrons. The molecule has 1 amide bonds. The van der Waals surface area contributed by atoms with E-state index < -0.39 is 0 Å². The molecule has 0 atom stereocenters. The van der Waals surface area contributed by atoms with Gasteiger partial charge in [0, 0.05) is 22.2 Å². The molecule has 0 saturated carbocycles. The summed E-state index contributed by atoms with van der Waals surface area (Å²) in [4.78, 5) is 14.4. The van der Waals surface area contributed by atoms with Crippen LogP contribution in [-0.4, -0.2) is 37.0 Å². The van der Waals surface area contributed by atoms with Gasteiger partial charge in [-0.25, -0.2) is 0 Å². The van der Waals surface area contributed by atoms with Gasteiger partial charge < -0.3 is 10.2 Å². The zero-order chi connectivity index (χ0) is 13.7. The first kappa shape index (κ1) is 15.1. The fourth-order valence-electron chi connectivity index (χ4n) is 2.25. The maximum absolute atomic E-state index is 12.0. The van der Waals surface area contributed by atoms with E-state index in [0.717, 1.165) is 23.2 Å². The molecule has 1 saturated heterocycles.